The standard InChI is InChI=1S/C14H18ClNO2/c1-13(2)8-16(9-13)14(3,12(17)18)10-4-6-11(15)7-5-10/h4-7H,8-9H2,1-3H3,(H,17,18). The number of nitrogens with zero attached hydrogens (tertiary/aromatic N) is 1. The number of aliphatic carboxylic acids is 1. The van der Waals surface area contributed by atoms with Crippen LogP contribution in [0.25, 0.3) is 0 Å². The summed E-state index contributed by atoms with van der Waals surface area (Å²) < 4.78 is 0. The van der Waals surface area contributed by atoms with Crippen LogP contribution in [-0.2, 0) is 10.3 Å². The maximum Gasteiger partial charge on any atom is 0.328 e. The maximum absolute atomic E-state index is 11.7. The summed E-state index contributed by atoms with van der Waals surface area (Å²) >= 11 is 5.85. The van der Waals surface area contributed by atoms with Gasteiger partial charge in [0.15, 0.2) is 0 Å². The lowest BCUT2D eigenvalue weighted by atomic mass is 9.77. The van der Waals surface area contributed by atoms with Crippen molar-refractivity contribution in [3.63, 3.8) is 0 Å². The van der Waals surface area contributed by atoms with E-state index >= 15 is 0 Å². The van der Waals surface area contributed by atoms with E-state index in [1.165, 1.54) is 0 Å². The van der Waals surface area contributed by atoms with Gasteiger partial charge in [-0.15, -0.1) is 0 Å². The second-order valence-electron chi connectivity index (χ2n) is 5.90. The molecule has 1 aromatic carbocycles. The predicted octanol–water partition coefficient (Wildman–Crippen LogP) is 2.98. The van der Waals surface area contributed by atoms with Crippen molar-refractivity contribution in [2.45, 2.75) is 26.3 Å². The van der Waals surface area contributed by atoms with Crippen molar-refractivity contribution in [2.75, 3.05) is 13.1 Å². The summed E-state index contributed by atoms with van der Waals surface area (Å²) in [5.41, 5.74) is -0.00150. The van der Waals surface area contributed by atoms with Gasteiger partial charge in [-0.05, 0) is 30.0 Å². The van der Waals surface area contributed by atoms with Gasteiger partial charge in [0.05, 0.1) is 0 Å². The summed E-state index contributed by atoms with van der Waals surface area (Å²) in [6.07, 6.45) is 0. The molecule has 0 radical (unpaired) electrons. The zero-order chi connectivity index (χ0) is 13.6. The van der Waals surface area contributed by atoms with Gasteiger partial charge in [0.2, 0.25) is 0 Å². The third-order valence-corrected chi connectivity index (χ3v) is 3.94. The number of carboxylic acid groups (broad SMARTS) is 1. The number of rotatable bonds is 3. The number of likely N-dealkylation sites (tertiary alicyclic amines) is 1. The molecule has 0 aromatic heterocycles. The second kappa shape index (κ2) is 4.25. The van der Waals surface area contributed by atoms with Crippen molar-refractivity contribution in [3.05, 3.63) is 34.9 Å². The summed E-state index contributed by atoms with van der Waals surface area (Å²) in [5.74, 6) is -0.819. The lowest BCUT2D eigenvalue weighted by molar-refractivity contribution is -0.160. The molecule has 1 aliphatic rings. The van der Waals surface area contributed by atoms with Crippen LogP contribution in [0.2, 0.25) is 5.02 Å². The average Bonchev–Trinajstić information content (AvgIpc) is 2.25. The Morgan fingerprint density at radius 2 is 1.83 bits per heavy atom. The molecule has 0 aliphatic carbocycles. The van der Waals surface area contributed by atoms with Crippen LogP contribution in [-0.4, -0.2) is 29.1 Å². The molecular formula is C14H18ClNO2. The predicted molar refractivity (Wildman–Crippen MR) is 71.8 cm³/mol. The molecule has 0 saturated carbocycles. The quantitative estimate of drug-likeness (QED) is 0.915. The molecule has 3 nitrogen and oxygen atoms in total. The molecule has 1 unspecified atom stereocenters. The van der Waals surface area contributed by atoms with Crippen LogP contribution in [0.15, 0.2) is 24.3 Å². The molecule has 0 spiro atoms. The topological polar surface area (TPSA) is 40.5 Å². The SMILES string of the molecule is CC1(C)CN(C(C)(C(=O)O)c2ccc(Cl)cc2)C1. The lowest BCUT2D eigenvalue weighted by Crippen LogP contribution is -2.63. The minimum Gasteiger partial charge on any atom is -0.480 e. The fourth-order valence-corrected chi connectivity index (χ4v) is 2.64. The van der Waals surface area contributed by atoms with Crippen LogP contribution in [0, 0.1) is 5.41 Å². The molecule has 1 aliphatic heterocycles. The lowest BCUT2D eigenvalue weighted by Gasteiger charge is -2.53. The van der Waals surface area contributed by atoms with Crippen LogP contribution >= 0.6 is 11.6 Å². The fraction of sp³-hybridized carbons (Fsp3) is 0.500. The highest BCUT2D eigenvalue weighted by atomic mass is 35.5. The first-order chi connectivity index (χ1) is 8.25. The van der Waals surface area contributed by atoms with Crippen LogP contribution in [0.4, 0.5) is 0 Å². The van der Waals surface area contributed by atoms with Gasteiger partial charge in [0.25, 0.3) is 0 Å². The Morgan fingerprint density at radius 1 is 1.33 bits per heavy atom. The molecule has 1 fully saturated rings. The molecular weight excluding hydrogens is 250 g/mol. The highest BCUT2D eigenvalue weighted by Crippen LogP contribution is 2.40. The Balaban J connectivity index is 2.33. The average molecular weight is 268 g/mol. The largest absolute Gasteiger partial charge is 0.480 e. The van der Waals surface area contributed by atoms with Crippen LogP contribution in [0.5, 0.6) is 0 Å². The second-order valence-corrected chi connectivity index (χ2v) is 6.34. The van der Waals surface area contributed by atoms with Gasteiger partial charge in [-0.1, -0.05) is 37.6 Å². The minimum atomic E-state index is -0.972. The van der Waals surface area contributed by atoms with Crippen molar-refractivity contribution in [1.29, 1.82) is 0 Å². The van der Waals surface area contributed by atoms with E-state index in [1.807, 2.05) is 4.90 Å². The number of hydrogen-bond acceptors (Lipinski definition) is 2. The Morgan fingerprint density at radius 3 is 2.22 bits per heavy atom. The Bertz CT molecular complexity index is 461. The Hall–Kier alpha value is -1.06. The molecule has 18 heavy (non-hydrogen) atoms. The van der Waals surface area contributed by atoms with Gasteiger partial charge in [0, 0.05) is 18.1 Å². The van der Waals surface area contributed by atoms with Gasteiger partial charge >= 0.3 is 5.97 Å². The van der Waals surface area contributed by atoms with Crippen molar-refractivity contribution >= 4 is 17.6 Å². The van der Waals surface area contributed by atoms with Gasteiger partial charge in [-0.25, -0.2) is 4.79 Å². The van der Waals surface area contributed by atoms with Gasteiger partial charge in [-0.3, -0.25) is 4.90 Å². The third kappa shape index (κ3) is 2.13. The molecule has 0 amide bonds. The number of hydrogen-bond donors (Lipinski definition) is 1. The van der Waals surface area contributed by atoms with E-state index in [2.05, 4.69) is 13.8 Å². The van der Waals surface area contributed by atoms with E-state index in [-0.39, 0.29) is 5.41 Å². The first-order valence-electron chi connectivity index (χ1n) is 6.00. The van der Waals surface area contributed by atoms with Crippen molar-refractivity contribution in [2.24, 2.45) is 5.41 Å². The van der Waals surface area contributed by atoms with Gasteiger partial charge < -0.3 is 5.11 Å². The highest BCUT2D eigenvalue weighted by Gasteiger charge is 2.49. The van der Waals surface area contributed by atoms with Crippen molar-refractivity contribution in [3.8, 4) is 0 Å². The van der Waals surface area contributed by atoms with E-state index in [4.69, 9.17) is 11.6 Å². The number of halogens is 1. The van der Waals surface area contributed by atoms with Crippen molar-refractivity contribution < 1.29 is 9.90 Å². The zero-order valence-electron chi connectivity index (χ0n) is 10.9. The molecule has 0 bridgehead atoms. The highest BCUT2D eigenvalue weighted by molar-refractivity contribution is 6.30. The molecule has 1 saturated heterocycles. The van der Waals surface area contributed by atoms with Crippen molar-refractivity contribution in [1.82, 2.24) is 4.90 Å². The molecule has 98 valence electrons. The molecule has 1 aromatic rings. The molecule has 2 rings (SSSR count). The van der Waals surface area contributed by atoms with E-state index in [0.717, 1.165) is 18.7 Å². The molecule has 1 atom stereocenters. The van der Waals surface area contributed by atoms with Crippen LogP contribution in [0.3, 0.4) is 0 Å². The van der Waals surface area contributed by atoms with Crippen LogP contribution < -0.4 is 0 Å². The summed E-state index contributed by atoms with van der Waals surface area (Å²) in [4.78, 5) is 13.7. The van der Waals surface area contributed by atoms with E-state index < -0.39 is 11.5 Å². The zero-order valence-corrected chi connectivity index (χ0v) is 11.7. The minimum absolute atomic E-state index is 0.198. The number of carbonyl (C=O) groups is 1. The fourth-order valence-electron chi connectivity index (χ4n) is 2.52. The molecule has 1 heterocycles. The molecule has 1 N–H and O–H groups in total. The third-order valence-electron chi connectivity index (χ3n) is 3.69. The normalized spacial score (nSPS) is 22.0. The maximum atomic E-state index is 11.7. The first kappa shape index (κ1) is 13.4. The van der Waals surface area contributed by atoms with E-state index in [9.17, 15) is 9.90 Å². The Kier molecular flexibility index (Phi) is 3.16. The summed E-state index contributed by atoms with van der Waals surface area (Å²) in [7, 11) is 0. The molecule has 4 heteroatoms. The number of carboxylic acids is 1. The smallest absolute Gasteiger partial charge is 0.328 e. The Labute approximate surface area is 112 Å². The summed E-state index contributed by atoms with van der Waals surface area (Å²) in [5, 5.41) is 10.2. The van der Waals surface area contributed by atoms with Gasteiger partial charge in [0.1, 0.15) is 5.54 Å². The first-order valence-corrected chi connectivity index (χ1v) is 6.38. The van der Waals surface area contributed by atoms with Gasteiger partial charge in [-0.2, -0.15) is 0 Å². The number of benzene rings is 1. The summed E-state index contributed by atoms with van der Waals surface area (Å²) in [6.45, 7) is 7.63. The monoisotopic (exact) mass is 267 g/mol. The summed E-state index contributed by atoms with van der Waals surface area (Å²) in [6, 6.07) is 7.07. The van der Waals surface area contributed by atoms with Crippen LogP contribution in [0.1, 0.15) is 26.3 Å². The van der Waals surface area contributed by atoms with E-state index in [1.54, 1.807) is 31.2 Å². The van der Waals surface area contributed by atoms with E-state index in [0.29, 0.717) is 5.02 Å².